The van der Waals surface area contributed by atoms with Crippen LogP contribution in [0.25, 0.3) is 0 Å². The molecule has 0 aromatic carbocycles. The topological polar surface area (TPSA) is 50.1 Å². The molecule has 0 fully saturated rings. The number of hydrogen-bond acceptors (Lipinski definition) is 3. The smallest absolute Gasteiger partial charge is 0.333 e. The molecule has 0 saturated heterocycles. The monoisotopic (exact) mass is 153 g/mol. The first-order valence-electron chi connectivity index (χ1n) is 3.27. The van der Waals surface area contributed by atoms with E-state index < -0.39 is 5.97 Å². The van der Waals surface area contributed by atoms with Gasteiger partial charge >= 0.3 is 5.97 Å². The molecule has 0 aliphatic rings. The highest BCUT2D eigenvalue weighted by Crippen LogP contribution is 2.09. The predicted molar refractivity (Wildman–Crippen MR) is 40.6 cm³/mol. The van der Waals surface area contributed by atoms with Crippen molar-refractivity contribution in [1.29, 1.82) is 5.26 Å². The first-order chi connectivity index (χ1) is 5.11. The van der Waals surface area contributed by atoms with E-state index >= 15 is 0 Å². The molecule has 11 heavy (non-hydrogen) atoms. The van der Waals surface area contributed by atoms with Crippen LogP contribution in [-0.2, 0) is 9.53 Å². The molecule has 0 saturated carbocycles. The molecule has 0 amide bonds. The van der Waals surface area contributed by atoms with Crippen molar-refractivity contribution in [2.45, 2.75) is 13.3 Å². The summed E-state index contributed by atoms with van der Waals surface area (Å²) in [6.07, 6.45) is 0.378. The Labute approximate surface area is 66.3 Å². The number of hydrogen-bond donors (Lipinski definition) is 0. The third-order valence-electron chi connectivity index (χ3n) is 1.25. The van der Waals surface area contributed by atoms with E-state index in [0.29, 0.717) is 12.0 Å². The minimum atomic E-state index is -0.438. The summed E-state index contributed by atoms with van der Waals surface area (Å²) in [5.41, 5.74) is 0.349. The van der Waals surface area contributed by atoms with Gasteiger partial charge in [0.1, 0.15) is 0 Å². The highest BCUT2D eigenvalue weighted by Gasteiger charge is 2.09. The average molecular weight is 153 g/mol. The Kier molecular flexibility index (Phi) is 3.97. The maximum absolute atomic E-state index is 10.7. The normalized spacial score (nSPS) is 11.4. The minimum absolute atomic E-state index is 0.179. The Morgan fingerprint density at radius 1 is 1.82 bits per heavy atom. The number of nitrogens with zero attached hydrogens (tertiary/aromatic N) is 1. The van der Waals surface area contributed by atoms with E-state index in [1.807, 2.05) is 6.07 Å². The zero-order valence-electron chi connectivity index (χ0n) is 6.76. The summed E-state index contributed by atoms with van der Waals surface area (Å²) >= 11 is 0. The molecule has 3 nitrogen and oxygen atoms in total. The van der Waals surface area contributed by atoms with E-state index in [2.05, 4.69) is 11.3 Å². The van der Waals surface area contributed by atoms with Gasteiger partial charge < -0.3 is 4.74 Å². The zero-order chi connectivity index (χ0) is 8.85. The zero-order valence-corrected chi connectivity index (χ0v) is 6.76. The fourth-order valence-electron chi connectivity index (χ4n) is 0.643. The number of rotatable bonds is 3. The Morgan fingerprint density at radius 3 is 2.73 bits per heavy atom. The highest BCUT2D eigenvalue weighted by molar-refractivity contribution is 5.87. The molecule has 0 bridgehead atoms. The van der Waals surface area contributed by atoms with Crippen LogP contribution in [0.3, 0.4) is 0 Å². The largest absolute Gasteiger partial charge is 0.466 e. The van der Waals surface area contributed by atoms with E-state index in [1.54, 1.807) is 6.92 Å². The van der Waals surface area contributed by atoms with Gasteiger partial charge in [0.25, 0.3) is 0 Å². The van der Waals surface area contributed by atoms with Crippen molar-refractivity contribution in [1.82, 2.24) is 0 Å². The van der Waals surface area contributed by atoms with E-state index in [-0.39, 0.29) is 5.92 Å². The highest BCUT2D eigenvalue weighted by atomic mass is 16.5. The summed E-state index contributed by atoms with van der Waals surface area (Å²) in [5.74, 6) is -0.617. The first kappa shape index (κ1) is 9.70. The van der Waals surface area contributed by atoms with E-state index in [4.69, 9.17) is 5.26 Å². The van der Waals surface area contributed by atoms with Crippen LogP contribution in [-0.4, -0.2) is 13.1 Å². The molecule has 0 aliphatic carbocycles. The van der Waals surface area contributed by atoms with Gasteiger partial charge in [0, 0.05) is 11.5 Å². The number of nitriles is 1. The van der Waals surface area contributed by atoms with Crippen LogP contribution in [0, 0.1) is 17.2 Å². The Morgan fingerprint density at radius 2 is 2.36 bits per heavy atom. The summed E-state index contributed by atoms with van der Waals surface area (Å²) in [6, 6.07) is 2.01. The molecule has 3 heteroatoms. The van der Waals surface area contributed by atoms with Gasteiger partial charge in [-0.25, -0.2) is 4.79 Å². The summed E-state index contributed by atoms with van der Waals surface area (Å²) in [6.45, 7) is 5.22. The Hall–Kier alpha value is -1.30. The summed E-state index contributed by atoms with van der Waals surface area (Å²) in [5, 5.41) is 8.39. The average Bonchev–Trinajstić information content (AvgIpc) is 2.02. The fraction of sp³-hybridized carbons (Fsp3) is 0.500. The van der Waals surface area contributed by atoms with Crippen LogP contribution >= 0.6 is 0 Å². The van der Waals surface area contributed by atoms with E-state index in [0.717, 1.165) is 0 Å². The maximum atomic E-state index is 10.7. The summed E-state index contributed by atoms with van der Waals surface area (Å²) in [7, 11) is 1.30. The summed E-state index contributed by atoms with van der Waals surface area (Å²) in [4.78, 5) is 10.7. The fourth-order valence-corrected chi connectivity index (χ4v) is 0.643. The number of methoxy groups -OCH3 is 1. The lowest BCUT2D eigenvalue weighted by atomic mass is 10.0. The van der Waals surface area contributed by atoms with Gasteiger partial charge in [0.2, 0.25) is 0 Å². The molecule has 1 unspecified atom stereocenters. The van der Waals surface area contributed by atoms with Crippen molar-refractivity contribution in [3.05, 3.63) is 12.2 Å². The third kappa shape index (κ3) is 3.41. The number of esters is 1. The molecular weight excluding hydrogens is 142 g/mol. The van der Waals surface area contributed by atoms with Crippen molar-refractivity contribution < 1.29 is 9.53 Å². The second-order valence-corrected chi connectivity index (χ2v) is 2.33. The Bertz CT molecular complexity index is 203. The van der Waals surface area contributed by atoms with Gasteiger partial charge in [-0.3, -0.25) is 0 Å². The van der Waals surface area contributed by atoms with Gasteiger partial charge in [-0.15, -0.1) is 0 Å². The van der Waals surface area contributed by atoms with Crippen LogP contribution in [0.5, 0.6) is 0 Å². The van der Waals surface area contributed by atoms with Crippen molar-refractivity contribution in [2.24, 2.45) is 5.92 Å². The van der Waals surface area contributed by atoms with E-state index in [9.17, 15) is 4.79 Å². The predicted octanol–water partition coefficient (Wildman–Crippen LogP) is 1.27. The Balaban J connectivity index is 3.90. The van der Waals surface area contributed by atoms with Gasteiger partial charge in [-0.1, -0.05) is 6.58 Å². The van der Waals surface area contributed by atoms with Gasteiger partial charge in [-0.2, -0.15) is 5.26 Å². The number of ether oxygens (including phenoxy) is 1. The molecule has 0 radical (unpaired) electrons. The molecule has 0 heterocycles. The standard InChI is InChI=1S/C8H11NO2/c1-6(5-9)4-7(2)8(10)11-3/h6H,2,4H2,1,3H3. The third-order valence-corrected chi connectivity index (χ3v) is 1.25. The molecule has 1 atom stereocenters. The van der Waals surface area contributed by atoms with Gasteiger partial charge in [-0.05, 0) is 13.3 Å². The molecule has 60 valence electrons. The van der Waals surface area contributed by atoms with Crippen LogP contribution < -0.4 is 0 Å². The van der Waals surface area contributed by atoms with Crippen molar-refractivity contribution in [3.8, 4) is 6.07 Å². The lowest BCUT2D eigenvalue weighted by Crippen LogP contribution is -2.06. The van der Waals surface area contributed by atoms with Crippen molar-refractivity contribution in [2.75, 3.05) is 7.11 Å². The SMILES string of the molecule is C=C(CC(C)C#N)C(=O)OC. The van der Waals surface area contributed by atoms with Gasteiger partial charge in [0.15, 0.2) is 0 Å². The molecule has 0 spiro atoms. The quantitative estimate of drug-likeness (QED) is 0.453. The second kappa shape index (κ2) is 4.51. The maximum Gasteiger partial charge on any atom is 0.333 e. The first-order valence-corrected chi connectivity index (χ1v) is 3.27. The molecule has 0 aromatic heterocycles. The summed E-state index contributed by atoms with van der Waals surface area (Å²) < 4.78 is 4.41. The molecular formula is C8H11NO2. The molecule has 0 aliphatic heterocycles. The van der Waals surface area contributed by atoms with Gasteiger partial charge in [0.05, 0.1) is 13.2 Å². The second-order valence-electron chi connectivity index (χ2n) is 2.33. The van der Waals surface area contributed by atoms with Crippen LogP contribution in [0.15, 0.2) is 12.2 Å². The minimum Gasteiger partial charge on any atom is -0.466 e. The van der Waals surface area contributed by atoms with Crippen LogP contribution in [0.4, 0.5) is 0 Å². The molecule has 0 aromatic rings. The number of carbonyl (C=O) groups excluding carboxylic acids is 1. The van der Waals surface area contributed by atoms with E-state index in [1.165, 1.54) is 7.11 Å². The van der Waals surface area contributed by atoms with Crippen molar-refractivity contribution >= 4 is 5.97 Å². The van der Waals surface area contributed by atoms with Crippen LogP contribution in [0.1, 0.15) is 13.3 Å². The lowest BCUT2D eigenvalue weighted by molar-refractivity contribution is -0.136. The number of carbonyl (C=O) groups is 1. The molecule has 0 N–H and O–H groups in total. The lowest BCUT2D eigenvalue weighted by Gasteiger charge is -2.03. The molecule has 0 rings (SSSR count). The van der Waals surface area contributed by atoms with Crippen LogP contribution in [0.2, 0.25) is 0 Å². The van der Waals surface area contributed by atoms with Crippen molar-refractivity contribution in [3.63, 3.8) is 0 Å².